The molecule has 0 atom stereocenters. The first-order valence-corrected chi connectivity index (χ1v) is 6.98. The molecule has 0 aromatic heterocycles. The van der Waals surface area contributed by atoms with E-state index in [0.717, 1.165) is 11.1 Å². The molecule has 0 fully saturated rings. The summed E-state index contributed by atoms with van der Waals surface area (Å²) in [6.07, 6.45) is -0.108. The third-order valence-corrected chi connectivity index (χ3v) is 2.87. The smallest absolute Gasteiger partial charge is 0.332 e. The molecule has 0 aliphatic carbocycles. The van der Waals surface area contributed by atoms with Gasteiger partial charge in [0.2, 0.25) is 0 Å². The lowest BCUT2D eigenvalue weighted by atomic mass is 10.0. The molecular formula is C16H23NO5. The first-order chi connectivity index (χ1) is 10.1. The zero-order chi connectivity index (χ0) is 16.9. The van der Waals surface area contributed by atoms with E-state index in [-0.39, 0.29) is 19.6 Å². The predicted octanol–water partition coefficient (Wildman–Crippen LogP) is 2.06. The fourth-order valence-electron chi connectivity index (χ4n) is 1.91. The minimum absolute atomic E-state index is 0.108. The molecule has 1 rings (SSSR count). The second kappa shape index (κ2) is 7.26. The maximum absolute atomic E-state index is 11.6. The normalized spacial score (nSPS) is 11.3. The fraction of sp³-hybridized carbons (Fsp3) is 0.500. The standard InChI is InChI=1S/C16H23NO5/c1-10-12(5-11(6-13(10)17)7-14(18)19)8-21-9-15(20)22-16(2,3)4/h5-6H,7-9,17H2,1-4H3,(H,18,19). The van der Waals surface area contributed by atoms with Gasteiger partial charge in [0.25, 0.3) is 0 Å². The largest absolute Gasteiger partial charge is 0.481 e. The van der Waals surface area contributed by atoms with Gasteiger partial charge in [0.1, 0.15) is 12.2 Å². The fourth-order valence-corrected chi connectivity index (χ4v) is 1.91. The highest BCUT2D eigenvalue weighted by atomic mass is 16.6. The average Bonchev–Trinajstić information content (AvgIpc) is 2.32. The van der Waals surface area contributed by atoms with Gasteiger partial charge in [-0.25, -0.2) is 4.79 Å². The van der Waals surface area contributed by atoms with Gasteiger partial charge in [0.15, 0.2) is 0 Å². The number of esters is 1. The van der Waals surface area contributed by atoms with E-state index in [9.17, 15) is 9.59 Å². The molecule has 0 aliphatic rings. The maximum Gasteiger partial charge on any atom is 0.332 e. The van der Waals surface area contributed by atoms with Gasteiger partial charge in [-0.15, -0.1) is 0 Å². The average molecular weight is 309 g/mol. The van der Waals surface area contributed by atoms with Crippen LogP contribution in [0.3, 0.4) is 0 Å². The summed E-state index contributed by atoms with van der Waals surface area (Å²) in [5, 5.41) is 8.84. The van der Waals surface area contributed by atoms with Crippen LogP contribution in [0.1, 0.15) is 37.5 Å². The first kappa shape index (κ1) is 18.0. The van der Waals surface area contributed by atoms with Crippen LogP contribution in [0.2, 0.25) is 0 Å². The van der Waals surface area contributed by atoms with Gasteiger partial charge in [-0.05, 0) is 50.5 Å². The van der Waals surface area contributed by atoms with Crippen LogP contribution in [0.15, 0.2) is 12.1 Å². The minimum Gasteiger partial charge on any atom is -0.481 e. The number of hydrogen-bond acceptors (Lipinski definition) is 5. The summed E-state index contributed by atoms with van der Waals surface area (Å²) in [6, 6.07) is 3.37. The Morgan fingerprint density at radius 1 is 1.27 bits per heavy atom. The molecule has 122 valence electrons. The molecule has 0 saturated carbocycles. The third kappa shape index (κ3) is 6.13. The molecule has 6 nitrogen and oxygen atoms in total. The van der Waals surface area contributed by atoms with Gasteiger partial charge in [0.05, 0.1) is 13.0 Å². The summed E-state index contributed by atoms with van der Waals surface area (Å²) in [4.78, 5) is 22.3. The lowest BCUT2D eigenvalue weighted by Gasteiger charge is -2.19. The SMILES string of the molecule is Cc1c(N)cc(CC(=O)O)cc1COCC(=O)OC(C)(C)C. The molecular weight excluding hydrogens is 286 g/mol. The molecule has 0 unspecified atom stereocenters. The van der Waals surface area contributed by atoms with Gasteiger partial charge in [-0.3, -0.25) is 4.79 Å². The Hall–Kier alpha value is -2.08. The topological polar surface area (TPSA) is 98.9 Å². The molecule has 0 amide bonds. The van der Waals surface area contributed by atoms with E-state index in [1.54, 1.807) is 32.9 Å². The Bertz CT molecular complexity index is 560. The van der Waals surface area contributed by atoms with Crippen LogP contribution in [0.5, 0.6) is 0 Å². The van der Waals surface area contributed by atoms with Crippen LogP contribution in [-0.2, 0) is 32.1 Å². The molecule has 0 bridgehead atoms. The Labute approximate surface area is 130 Å². The Morgan fingerprint density at radius 3 is 2.45 bits per heavy atom. The summed E-state index contributed by atoms with van der Waals surface area (Å²) < 4.78 is 10.5. The van der Waals surface area contributed by atoms with Crippen molar-refractivity contribution in [1.29, 1.82) is 0 Å². The van der Waals surface area contributed by atoms with E-state index in [4.69, 9.17) is 20.3 Å². The number of carboxylic acid groups (broad SMARTS) is 1. The number of carbonyl (C=O) groups is 2. The van der Waals surface area contributed by atoms with Crippen molar-refractivity contribution in [2.45, 2.75) is 46.3 Å². The summed E-state index contributed by atoms with van der Waals surface area (Å²) in [5.41, 5.74) is 8.01. The number of rotatable bonds is 6. The van der Waals surface area contributed by atoms with Crippen LogP contribution in [0.25, 0.3) is 0 Å². The second-order valence-corrected chi connectivity index (χ2v) is 6.12. The third-order valence-electron chi connectivity index (χ3n) is 2.87. The van der Waals surface area contributed by atoms with E-state index >= 15 is 0 Å². The van der Waals surface area contributed by atoms with E-state index < -0.39 is 17.5 Å². The molecule has 6 heteroatoms. The number of nitrogens with two attached hydrogens (primary N) is 1. The van der Waals surface area contributed by atoms with Crippen molar-refractivity contribution < 1.29 is 24.2 Å². The Morgan fingerprint density at radius 2 is 1.91 bits per heavy atom. The number of hydrogen-bond donors (Lipinski definition) is 2. The van der Waals surface area contributed by atoms with Crippen molar-refractivity contribution in [3.63, 3.8) is 0 Å². The van der Waals surface area contributed by atoms with Crippen LogP contribution in [0.4, 0.5) is 5.69 Å². The predicted molar refractivity (Wildman–Crippen MR) is 82.4 cm³/mol. The zero-order valence-corrected chi connectivity index (χ0v) is 13.4. The second-order valence-electron chi connectivity index (χ2n) is 6.12. The van der Waals surface area contributed by atoms with Crippen LogP contribution >= 0.6 is 0 Å². The summed E-state index contributed by atoms with van der Waals surface area (Å²) in [6.45, 7) is 7.18. The number of carboxylic acids is 1. The summed E-state index contributed by atoms with van der Waals surface area (Å²) >= 11 is 0. The lowest BCUT2D eigenvalue weighted by molar-refractivity contribution is -0.160. The van der Waals surface area contributed by atoms with E-state index in [1.807, 2.05) is 6.92 Å². The monoisotopic (exact) mass is 309 g/mol. The summed E-state index contributed by atoms with van der Waals surface area (Å²) in [7, 11) is 0. The molecule has 1 aromatic rings. The Balaban J connectivity index is 2.67. The zero-order valence-electron chi connectivity index (χ0n) is 13.4. The number of benzene rings is 1. The van der Waals surface area contributed by atoms with E-state index in [2.05, 4.69) is 0 Å². The molecule has 1 aromatic carbocycles. The van der Waals surface area contributed by atoms with Crippen molar-refractivity contribution in [2.75, 3.05) is 12.3 Å². The van der Waals surface area contributed by atoms with Crippen molar-refractivity contribution in [3.05, 3.63) is 28.8 Å². The number of carbonyl (C=O) groups excluding carboxylic acids is 1. The van der Waals surface area contributed by atoms with E-state index in [0.29, 0.717) is 11.3 Å². The number of anilines is 1. The molecule has 0 spiro atoms. The van der Waals surface area contributed by atoms with Crippen LogP contribution in [0, 0.1) is 6.92 Å². The van der Waals surface area contributed by atoms with Gasteiger partial charge < -0.3 is 20.3 Å². The van der Waals surface area contributed by atoms with Crippen LogP contribution < -0.4 is 5.73 Å². The van der Waals surface area contributed by atoms with Gasteiger partial charge in [-0.1, -0.05) is 6.07 Å². The van der Waals surface area contributed by atoms with Crippen molar-refractivity contribution in [3.8, 4) is 0 Å². The molecule has 0 aliphatic heterocycles. The highest BCUT2D eigenvalue weighted by Gasteiger charge is 2.16. The quantitative estimate of drug-likeness (QED) is 0.616. The molecule has 0 saturated heterocycles. The number of nitrogen functional groups attached to an aromatic ring is 1. The maximum atomic E-state index is 11.6. The summed E-state index contributed by atoms with van der Waals surface area (Å²) in [5.74, 6) is -1.37. The highest BCUT2D eigenvalue weighted by Crippen LogP contribution is 2.20. The van der Waals surface area contributed by atoms with E-state index in [1.165, 1.54) is 0 Å². The highest BCUT2D eigenvalue weighted by molar-refractivity contribution is 5.72. The molecule has 3 N–H and O–H groups in total. The minimum atomic E-state index is -0.927. The molecule has 22 heavy (non-hydrogen) atoms. The van der Waals surface area contributed by atoms with Gasteiger partial charge in [-0.2, -0.15) is 0 Å². The molecule has 0 heterocycles. The van der Waals surface area contributed by atoms with Crippen LogP contribution in [-0.4, -0.2) is 29.3 Å². The van der Waals surface area contributed by atoms with Gasteiger partial charge >= 0.3 is 11.9 Å². The Kier molecular flexibility index (Phi) is 5.93. The van der Waals surface area contributed by atoms with Crippen molar-refractivity contribution >= 4 is 17.6 Å². The lowest BCUT2D eigenvalue weighted by Crippen LogP contribution is -2.26. The van der Waals surface area contributed by atoms with Gasteiger partial charge in [0, 0.05) is 5.69 Å². The number of ether oxygens (including phenoxy) is 2. The van der Waals surface area contributed by atoms with Crippen molar-refractivity contribution in [2.24, 2.45) is 0 Å². The number of aliphatic carboxylic acids is 1. The first-order valence-electron chi connectivity index (χ1n) is 6.98. The van der Waals surface area contributed by atoms with Crippen molar-refractivity contribution in [1.82, 2.24) is 0 Å². The molecule has 0 radical (unpaired) electrons.